The number of hydrogen-bond acceptors (Lipinski definition) is 7. The van der Waals surface area contributed by atoms with Crippen LogP contribution in [-0.4, -0.2) is 29.1 Å². The highest BCUT2D eigenvalue weighted by atomic mass is 35.5. The number of rotatable bonds is 9. The number of aromatic nitrogens is 2. The van der Waals surface area contributed by atoms with E-state index in [0.29, 0.717) is 39.3 Å². The van der Waals surface area contributed by atoms with Gasteiger partial charge in [-0.05, 0) is 54.6 Å². The summed E-state index contributed by atoms with van der Waals surface area (Å²) in [5.41, 5.74) is 1.88. The molecule has 8 nitrogen and oxygen atoms in total. The summed E-state index contributed by atoms with van der Waals surface area (Å²) in [4.78, 5) is 25.0. The molecule has 0 saturated heterocycles. The van der Waals surface area contributed by atoms with Gasteiger partial charge in [-0.1, -0.05) is 41.1 Å². The van der Waals surface area contributed by atoms with E-state index in [1.807, 2.05) is 24.3 Å². The molecule has 4 rings (SSSR count). The molecule has 2 N–H and O–H groups in total. The Labute approximate surface area is 210 Å². The van der Waals surface area contributed by atoms with Gasteiger partial charge in [0.2, 0.25) is 5.01 Å². The molecule has 0 radical (unpaired) electrons. The van der Waals surface area contributed by atoms with Gasteiger partial charge in [-0.15, -0.1) is 10.2 Å². The molecule has 0 fully saturated rings. The van der Waals surface area contributed by atoms with Crippen LogP contribution in [-0.2, 0) is 13.2 Å². The first kappa shape index (κ1) is 24.2. The minimum absolute atomic E-state index is 0.186. The Kier molecular flexibility index (Phi) is 7.92. The van der Waals surface area contributed by atoms with Crippen LogP contribution in [0.1, 0.15) is 30.7 Å². The lowest BCUT2D eigenvalue weighted by Gasteiger charge is -2.10. The molecule has 1 heterocycles. The van der Waals surface area contributed by atoms with Crippen LogP contribution in [0.15, 0.2) is 72.8 Å². The predicted octanol–water partition coefficient (Wildman–Crippen LogP) is 4.96. The summed E-state index contributed by atoms with van der Waals surface area (Å²) in [6.07, 6.45) is 0. The Morgan fingerprint density at radius 3 is 2.43 bits per heavy atom. The van der Waals surface area contributed by atoms with E-state index in [4.69, 9.17) is 21.1 Å². The molecule has 0 aliphatic carbocycles. The van der Waals surface area contributed by atoms with Crippen molar-refractivity contribution in [1.82, 2.24) is 15.5 Å². The smallest absolute Gasteiger partial charge is 0.286 e. The van der Waals surface area contributed by atoms with Gasteiger partial charge in [-0.25, -0.2) is 0 Å². The molecule has 35 heavy (non-hydrogen) atoms. The Morgan fingerprint density at radius 2 is 1.69 bits per heavy atom. The van der Waals surface area contributed by atoms with Crippen molar-refractivity contribution >= 4 is 40.4 Å². The number of nitrogens with zero attached hydrogens (tertiary/aromatic N) is 2. The predicted molar refractivity (Wildman–Crippen MR) is 134 cm³/mol. The number of halogens is 1. The summed E-state index contributed by atoms with van der Waals surface area (Å²) < 4.78 is 10.9. The van der Waals surface area contributed by atoms with Gasteiger partial charge in [0.1, 0.15) is 18.1 Å². The van der Waals surface area contributed by atoms with E-state index in [0.717, 1.165) is 16.9 Å². The van der Waals surface area contributed by atoms with Gasteiger partial charge in [0.15, 0.2) is 5.01 Å². The number of benzene rings is 3. The second kappa shape index (κ2) is 11.5. The van der Waals surface area contributed by atoms with E-state index >= 15 is 0 Å². The number of methoxy groups -OCH3 is 1. The first-order chi connectivity index (χ1) is 17.0. The second-order valence-corrected chi connectivity index (χ2v) is 8.77. The number of carbonyl (C=O) groups excluding carboxylic acids is 2. The number of ether oxygens (including phenoxy) is 2. The topological polar surface area (TPSA) is 102 Å². The van der Waals surface area contributed by atoms with E-state index < -0.39 is 5.91 Å². The van der Waals surface area contributed by atoms with Crippen LogP contribution < -0.4 is 20.1 Å². The second-order valence-electron chi connectivity index (χ2n) is 7.27. The lowest BCUT2D eigenvalue weighted by atomic mass is 10.1. The lowest BCUT2D eigenvalue weighted by molar-refractivity contribution is 0.0950. The summed E-state index contributed by atoms with van der Waals surface area (Å²) in [6, 6.07) is 21.0. The zero-order valence-electron chi connectivity index (χ0n) is 18.7. The van der Waals surface area contributed by atoms with Crippen LogP contribution in [0.5, 0.6) is 11.5 Å². The summed E-state index contributed by atoms with van der Waals surface area (Å²) in [5, 5.41) is 14.9. The molecule has 0 aliphatic heterocycles. The monoisotopic (exact) mass is 508 g/mol. The van der Waals surface area contributed by atoms with Gasteiger partial charge in [-0.2, -0.15) is 0 Å². The van der Waals surface area contributed by atoms with Crippen molar-refractivity contribution < 1.29 is 19.1 Å². The summed E-state index contributed by atoms with van der Waals surface area (Å²) in [7, 11) is 1.59. The number of para-hydroxylation sites is 1. The first-order valence-corrected chi connectivity index (χ1v) is 11.7. The van der Waals surface area contributed by atoms with Crippen LogP contribution in [0.2, 0.25) is 5.02 Å². The zero-order valence-corrected chi connectivity index (χ0v) is 20.2. The molecular weight excluding hydrogens is 488 g/mol. The molecular formula is C25H21ClN4O4S. The van der Waals surface area contributed by atoms with E-state index in [1.165, 1.54) is 0 Å². The number of carbonyl (C=O) groups is 2. The van der Waals surface area contributed by atoms with Gasteiger partial charge >= 0.3 is 0 Å². The fraction of sp³-hybridized carbons (Fsp3) is 0.120. The SMILES string of the molecule is COc1ccccc1CNC(=O)c1ccc(NC(=O)c2nnc(COc3ccc(Cl)cc3)s2)cc1. The standard InChI is InChI=1S/C25H21ClN4O4S/c1-33-21-5-3-2-4-17(21)14-27-23(31)16-6-10-19(11-7-16)28-24(32)25-30-29-22(35-25)15-34-20-12-8-18(26)9-13-20/h2-13H,14-15H2,1H3,(H,27,31)(H,28,32). The summed E-state index contributed by atoms with van der Waals surface area (Å²) in [6.45, 7) is 0.522. The maximum Gasteiger partial charge on any atom is 0.286 e. The zero-order chi connectivity index (χ0) is 24.6. The average molecular weight is 509 g/mol. The normalized spacial score (nSPS) is 10.5. The Morgan fingerprint density at radius 1 is 0.943 bits per heavy atom. The van der Waals surface area contributed by atoms with Crippen molar-refractivity contribution in [2.24, 2.45) is 0 Å². The molecule has 178 valence electrons. The molecule has 0 bridgehead atoms. The van der Waals surface area contributed by atoms with Crippen LogP contribution in [0, 0.1) is 0 Å². The third kappa shape index (κ3) is 6.56. The van der Waals surface area contributed by atoms with Crippen molar-refractivity contribution in [3.8, 4) is 11.5 Å². The van der Waals surface area contributed by atoms with Crippen molar-refractivity contribution in [3.63, 3.8) is 0 Å². The summed E-state index contributed by atoms with van der Waals surface area (Å²) >= 11 is 7.00. The summed E-state index contributed by atoms with van der Waals surface area (Å²) in [5.74, 6) is 0.724. The maximum atomic E-state index is 12.5. The van der Waals surface area contributed by atoms with Crippen molar-refractivity contribution in [1.29, 1.82) is 0 Å². The highest BCUT2D eigenvalue weighted by Gasteiger charge is 2.14. The van der Waals surface area contributed by atoms with E-state index in [-0.39, 0.29) is 17.5 Å². The third-order valence-electron chi connectivity index (χ3n) is 4.87. The Bertz CT molecular complexity index is 1310. The fourth-order valence-electron chi connectivity index (χ4n) is 3.10. The van der Waals surface area contributed by atoms with Gasteiger partial charge < -0.3 is 20.1 Å². The first-order valence-electron chi connectivity index (χ1n) is 10.5. The van der Waals surface area contributed by atoms with Crippen molar-refractivity contribution in [2.45, 2.75) is 13.2 Å². The van der Waals surface area contributed by atoms with Crippen LogP contribution in [0.3, 0.4) is 0 Å². The van der Waals surface area contributed by atoms with Crippen molar-refractivity contribution in [3.05, 3.63) is 99.0 Å². The molecule has 0 saturated carbocycles. The molecule has 2 amide bonds. The fourth-order valence-corrected chi connectivity index (χ4v) is 3.87. The van der Waals surface area contributed by atoms with Crippen LogP contribution in [0.4, 0.5) is 5.69 Å². The molecule has 4 aromatic rings. The Balaban J connectivity index is 1.29. The third-order valence-corrected chi connectivity index (χ3v) is 6.02. The van der Waals surface area contributed by atoms with Gasteiger partial charge in [0, 0.05) is 28.4 Å². The highest BCUT2D eigenvalue weighted by molar-refractivity contribution is 7.13. The largest absolute Gasteiger partial charge is 0.496 e. The molecule has 0 unspecified atom stereocenters. The van der Waals surface area contributed by atoms with E-state index in [9.17, 15) is 9.59 Å². The minimum Gasteiger partial charge on any atom is -0.496 e. The molecule has 10 heteroatoms. The minimum atomic E-state index is -0.395. The van der Waals surface area contributed by atoms with Crippen molar-refractivity contribution in [2.75, 3.05) is 12.4 Å². The number of hydrogen-bond donors (Lipinski definition) is 2. The number of nitrogens with one attached hydrogen (secondary N) is 2. The molecule has 3 aromatic carbocycles. The van der Waals surface area contributed by atoms with Gasteiger partial charge in [-0.3, -0.25) is 9.59 Å². The Hall–Kier alpha value is -3.95. The van der Waals surface area contributed by atoms with E-state index in [1.54, 1.807) is 55.6 Å². The number of anilines is 1. The quantitative estimate of drug-likeness (QED) is 0.331. The molecule has 0 aliphatic rings. The van der Waals surface area contributed by atoms with Gasteiger partial charge in [0.25, 0.3) is 11.8 Å². The number of amides is 2. The highest BCUT2D eigenvalue weighted by Crippen LogP contribution is 2.20. The van der Waals surface area contributed by atoms with Gasteiger partial charge in [0.05, 0.1) is 7.11 Å². The molecule has 0 atom stereocenters. The van der Waals surface area contributed by atoms with E-state index in [2.05, 4.69) is 20.8 Å². The van der Waals surface area contributed by atoms with Crippen LogP contribution in [0.25, 0.3) is 0 Å². The van der Waals surface area contributed by atoms with Crippen LogP contribution >= 0.6 is 22.9 Å². The maximum absolute atomic E-state index is 12.5. The molecule has 1 aromatic heterocycles. The average Bonchev–Trinajstić information content (AvgIpc) is 3.37. The molecule has 0 spiro atoms. The lowest BCUT2D eigenvalue weighted by Crippen LogP contribution is -2.23.